The van der Waals surface area contributed by atoms with Gasteiger partial charge in [-0.15, -0.1) is 0 Å². The number of fused-ring (bicyclic) bond motifs is 2. The summed E-state index contributed by atoms with van der Waals surface area (Å²) in [5.74, 6) is 1.15. The second-order valence-corrected chi connectivity index (χ2v) is 7.80. The SMILES string of the molecule is CCCn1c(SCC(=O)Nc2ccc3c(c2)OCO3)nc2cc(Cl)ccc2c1=O. The number of nitrogens with zero attached hydrogens (tertiary/aromatic N) is 2. The second kappa shape index (κ2) is 8.34. The minimum absolute atomic E-state index is 0.108. The fourth-order valence-corrected chi connectivity index (χ4v) is 4.00. The van der Waals surface area contributed by atoms with Gasteiger partial charge in [0.25, 0.3) is 5.56 Å². The number of aromatic nitrogens is 2. The maximum Gasteiger partial charge on any atom is 0.262 e. The Bertz CT molecular complexity index is 1150. The number of halogens is 1. The minimum Gasteiger partial charge on any atom is -0.454 e. The van der Waals surface area contributed by atoms with Crippen LogP contribution >= 0.6 is 23.4 Å². The van der Waals surface area contributed by atoms with Gasteiger partial charge < -0.3 is 14.8 Å². The van der Waals surface area contributed by atoms with E-state index in [2.05, 4.69) is 10.3 Å². The highest BCUT2D eigenvalue weighted by Crippen LogP contribution is 2.34. The topological polar surface area (TPSA) is 82.5 Å². The summed E-state index contributed by atoms with van der Waals surface area (Å²) in [4.78, 5) is 29.8. The molecule has 150 valence electrons. The molecule has 29 heavy (non-hydrogen) atoms. The van der Waals surface area contributed by atoms with Gasteiger partial charge in [0.1, 0.15) is 0 Å². The average molecular weight is 432 g/mol. The van der Waals surface area contributed by atoms with Crippen molar-refractivity contribution < 1.29 is 14.3 Å². The standard InChI is InChI=1S/C20H18ClN3O4S/c1-2-7-24-19(26)14-5-3-12(21)8-15(14)23-20(24)29-10-18(25)22-13-4-6-16-17(9-13)28-11-27-16/h3-6,8-9H,2,7,10-11H2,1H3,(H,22,25). The molecule has 7 nitrogen and oxygen atoms in total. The first-order valence-electron chi connectivity index (χ1n) is 9.07. The molecule has 0 aliphatic carbocycles. The van der Waals surface area contributed by atoms with Gasteiger partial charge in [-0.3, -0.25) is 14.2 Å². The van der Waals surface area contributed by atoms with Crippen molar-refractivity contribution in [1.82, 2.24) is 9.55 Å². The van der Waals surface area contributed by atoms with Gasteiger partial charge in [0.05, 0.1) is 16.7 Å². The Morgan fingerprint density at radius 1 is 1.24 bits per heavy atom. The van der Waals surface area contributed by atoms with Crippen LogP contribution in [0, 0.1) is 0 Å². The predicted octanol–water partition coefficient (Wildman–Crippen LogP) is 3.92. The molecule has 4 rings (SSSR count). The lowest BCUT2D eigenvalue weighted by molar-refractivity contribution is -0.113. The molecule has 1 aliphatic heterocycles. The Hall–Kier alpha value is -2.71. The maximum absolute atomic E-state index is 12.8. The van der Waals surface area contributed by atoms with Gasteiger partial charge in [0, 0.05) is 23.3 Å². The third-order valence-corrected chi connectivity index (χ3v) is 5.53. The van der Waals surface area contributed by atoms with E-state index in [1.807, 2.05) is 6.92 Å². The van der Waals surface area contributed by atoms with Crippen molar-refractivity contribution in [2.75, 3.05) is 17.9 Å². The molecule has 0 spiro atoms. The van der Waals surface area contributed by atoms with E-state index in [-0.39, 0.29) is 24.0 Å². The van der Waals surface area contributed by atoms with E-state index in [1.54, 1.807) is 41.0 Å². The zero-order valence-electron chi connectivity index (χ0n) is 15.6. The molecule has 2 aromatic carbocycles. The molecule has 1 amide bonds. The van der Waals surface area contributed by atoms with Crippen molar-refractivity contribution in [1.29, 1.82) is 0 Å². The lowest BCUT2D eigenvalue weighted by atomic mass is 10.2. The van der Waals surface area contributed by atoms with Gasteiger partial charge in [-0.05, 0) is 36.8 Å². The zero-order chi connectivity index (χ0) is 20.4. The van der Waals surface area contributed by atoms with Crippen LogP contribution in [0.5, 0.6) is 11.5 Å². The van der Waals surface area contributed by atoms with E-state index in [9.17, 15) is 9.59 Å². The normalized spacial score (nSPS) is 12.3. The maximum atomic E-state index is 12.8. The molecule has 0 saturated carbocycles. The van der Waals surface area contributed by atoms with Crippen molar-refractivity contribution in [3.8, 4) is 11.5 Å². The summed E-state index contributed by atoms with van der Waals surface area (Å²) in [6.07, 6.45) is 0.775. The number of ether oxygens (including phenoxy) is 2. The Morgan fingerprint density at radius 2 is 2.07 bits per heavy atom. The van der Waals surface area contributed by atoms with E-state index in [0.29, 0.717) is 44.8 Å². The molecule has 1 aliphatic rings. The van der Waals surface area contributed by atoms with Crippen LogP contribution in [0.3, 0.4) is 0 Å². The van der Waals surface area contributed by atoms with Gasteiger partial charge in [0.15, 0.2) is 16.7 Å². The number of benzene rings is 2. The smallest absolute Gasteiger partial charge is 0.262 e. The van der Waals surface area contributed by atoms with Crippen LogP contribution in [0.2, 0.25) is 5.02 Å². The van der Waals surface area contributed by atoms with Crippen molar-refractivity contribution in [3.63, 3.8) is 0 Å². The lowest BCUT2D eigenvalue weighted by Gasteiger charge is -2.12. The number of thioether (sulfide) groups is 1. The van der Waals surface area contributed by atoms with E-state index in [0.717, 1.165) is 6.42 Å². The molecule has 0 unspecified atom stereocenters. The van der Waals surface area contributed by atoms with E-state index in [1.165, 1.54) is 11.8 Å². The quantitative estimate of drug-likeness (QED) is 0.470. The van der Waals surface area contributed by atoms with Gasteiger partial charge >= 0.3 is 0 Å². The molecule has 0 radical (unpaired) electrons. The number of hydrogen-bond acceptors (Lipinski definition) is 6. The summed E-state index contributed by atoms with van der Waals surface area (Å²) in [6.45, 7) is 2.69. The largest absolute Gasteiger partial charge is 0.454 e. The number of carbonyl (C=O) groups excluding carboxylic acids is 1. The monoisotopic (exact) mass is 431 g/mol. The van der Waals surface area contributed by atoms with Gasteiger partial charge in [-0.2, -0.15) is 0 Å². The van der Waals surface area contributed by atoms with Gasteiger partial charge in [-0.1, -0.05) is 30.3 Å². The van der Waals surface area contributed by atoms with Crippen LogP contribution in [0.1, 0.15) is 13.3 Å². The molecule has 0 bridgehead atoms. The molecule has 0 atom stereocenters. The minimum atomic E-state index is -0.211. The van der Waals surface area contributed by atoms with Crippen LogP contribution in [-0.4, -0.2) is 28.0 Å². The van der Waals surface area contributed by atoms with Crippen LogP contribution in [0.25, 0.3) is 10.9 Å². The Kier molecular flexibility index (Phi) is 5.64. The second-order valence-electron chi connectivity index (χ2n) is 6.42. The van der Waals surface area contributed by atoms with Crippen LogP contribution < -0.4 is 20.3 Å². The average Bonchev–Trinajstić information content (AvgIpc) is 3.16. The third-order valence-electron chi connectivity index (χ3n) is 4.32. The molecule has 1 aromatic heterocycles. The molecule has 9 heteroatoms. The zero-order valence-corrected chi connectivity index (χ0v) is 17.2. The van der Waals surface area contributed by atoms with Crippen molar-refractivity contribution in [2.24, 2.45) is 0 Å². The Labute approximate surface area is 176 Å². The highest BCUT2D eigenvalue weighted by molar-refractivity contribution is 7.99. The van der Waals surface area contributed by atoms with E-state index < -0.39 is 0 Å². The first kappa shape index (κ1) is 19.6. The highest BCUT2D eigenvalue weighted by atomic mass is 35.5. The Morgan fingerprint density at radius 3 is 2.90 bits per heavy atom. The highest BCUT2D eigenvalue weighted by Gasteiger charge is 2.16. The Balaban J connectivity index is 1.53. The van der Waals surface area contributed by atoms with E-state index in [4.69, 9.17) is 21.1 Å². The third kappa shape index (κ3) is 4.18. The molecular formula is C20H18ClN3O4S. The lowest BCUT2D eigenvalue weighted by Crippen LogP contribution is -2.24. The fraction of sp³-hybridized carbons (Fsp3) is 0.250. The number of carbonyl (C=O) groups is 1. The number of hydrogen-bond donors (Lipinski definition) is 1. The first-order chi connectivity index (χ1) is 14.0. The number of nitrogens with one attached hydrogen (secondary N) is 1. The van der Waals surface area contributed by atoms with Crippen molar-refractivity contribution in [2.45, 2.75) is 25.0 Å². The molecular weight excluding hydrogens is 414 g/mol. The van der Waals surface area contributed by atoms with Crippen LogP contribution in [-0.2, 0) is 11.3 Å². The van der Waals surface area contributed by atoms with Gasteiger partial charge in [-0.25, -0.2) is 4.98 Å². The van der Waals surface area contributed by atoms with Crippen molar-refractivity contribution in [3.05, 3.63) is 51.8 Å². The molecule has 0 saturated heterocycles. The van der Waals surface area contributed by atoms with Gasteiger partial charge in [0.2, 0.25) is 12.7 Å². The summed E-state index contributed by atoms with van der Waals surface area (Å²) < 4.78 is 12.2. The number of anilines is 1. The van der Waals surface area contributed by atoms with E-state index >= 15 is 0 Å². The first-order valence-corrected chi connectivity index (χ1v) is 10.4. The summed E-state index contributed by atoms with van der Waals surface area (Å²) >= 11 is 7.26. The fourth-order valence-electron chi connectivity index (χ4n) is 3.01. The number of rotatable bonds is 6. The summed E-state index contributed by atoms with van der Waals surface area (Å²) in [5, 5.41) is 4.34. The van der Waals surface area contributed by atoms with Crippen LogP contribution in [0.15, 0.2) is 46.3 Å². The predicted molar refractivity (Wildman–Crippen MR) is 113 cm³/mol. The molecule has 3 aromatic rings. The molecule has 1 N–H and O–H groups in total. The summed E-state index contributed by atoms with van der Waals surface area (Å²) in [7, 11) is 0. The summed E-state index contributed by atoms with van der Waals surface area (Å²) in [5.41, 5.74) is 1.00. The molecule has 0 fully saturated rings. The summed E-state index contributed by atoms with van der Waals surface area (Å²) in [6, 6.07) is 10.2. The number of amides is 1. The van der Waals surface area contributed by atoms with Crippen molar-refractivity contribution >= 4 is 45.9 Å². The van der Waals surface area contributed by atoms with Crippen LogP contribution in [0.4, 0.5) is 5.69 Å². The molecule has 2 heterocycles.